The molecule has 0 bridgehead atoms. The molecule has 0 aliphatic rings. The van der Waals surface area contributed by atoms with Crippen LogP contribution in [0.1, 0.15) is 12.5 Å². The van der Waals surface area contributed by atoms with Crippen molar-refractivity contribution in [1.29, 1.82) is 0 Å². The number of hydrogen-bond donors (Lipinski definition) is 2. The van der Waals surface area contributed by atoms with Crippen molar-refractivity contribution in [2.45, 2.75) is 6.92 Å². The van der Waals surface area contributed by atoms with Gasteiger partial charge in [0.15, 0.2) is 0 Å². The second-order valence-corrected chi connectivity index (χ2v) is 6.03. The largest absolute Gasteiger partial charge is 0.353 e. The van der Waals surface area contributed by atoms with Gasteiger partial charge in [0, 0.05) is 34.9 Å². The summed E-state index contributed by atoms with van der Waals surface area (Å²) in [6.45, 7) is 6.18. The maximum Gasteiger partial charge on any atom is 0.116 e. The lowest BCUT2D eigenvalue weighted by Crippen LogP contribution is -2.23. The van der Waals surface area contributed by atoms with Crippen LogP contribution in [0.5, 0.6) is 0 Å². The number of aromatic nitrogens is 5. The van der Waals surface area contributed by atoms with Gasteiger partial charge in [0.05, 0.1) is 17.2 Å². The highest BCUT2D eigenvalue weighted by Gasteiger charge is 2.09. The molecule has 0 aliphatic heterocycles. The van der Waals surface area contributed by atoms with Crippen LogP contribution in [0.2, 0.25) is 0 Å². The summed E-state index contributed by atoms with van der Waals surface area (Å²) < 4.78 is 1.77. The molecule has 0 saturated carbocycles. The second-order valence-electron chi connectivity index (χ2n) is 6.03. The fraction of sp³-hybridized carbons (Fsp3) is 0.100. The van der Waals surface area contributed by atoms with Gasteiger partial charge in [-0.05, 0) is 30.7 Å². The fourth-order valence-electron chi connectivity index (χ4n) is 2.98. The van der Waals surface area contributed by atoms with E-state index in [1.54, 1.807) is 4.68 Å². The lowest BCUT2D eigenvalue weighted by molar-refractivity contribution is 0.767. The van der Waals surface area contributed by atoms with E-state index in [1.165, 1.54) is 5.39 Å². The minimum atomic E-state index is 0.884. The first kappa shape index (κ1) is 15.2. The highest BCUT2D eigenvalue weighted by atomic mass is 15.2. The Balaban J connectivity index is 1.89. The zero-order valence-electron chi connectivity index (χ0n) is 14.2. The van der Waals surface area contributed by atoms with Crippen LogP contribution in [0.15, 0.2) is 49.3 Å². The molecule has 124 valence electrons. The Morgan fingerprint density at radius 3 is 2.84 bits per heavy atom. The Labute approximate surface area is 145 Å². The predicted molar refractivity (Wildman–Crippen MR) is 102 cm³/mol. The number of rotatable bonds is 3. The number of aromatic amines is 2. The quantitative estimate of drug-likeness (QED) is 0.607. The highest BCUT2D eigenvalue weighted by molar-refractivity contribution is 5.89. The van der Waals surface area contributed by atoms with Gasteiger partial charge in [-0.15, -0.1) is 0 Å². The van der Waals surface area contributed by atoms with Gasteiger partial charge < -0.3 is 4.98 Å². The van der Waals surface area contributed by atoms with Gasteiger partial charge in [-0.2, -0.15) is 10.2 Å². The van der Waals surface area contributed by atoms with Crippen LogP contribution >= 0.6 is 0 Å². The first-order valence-electron chi connectivity index (χ1n) is 8.14. The zero-order valence-corrected chi connectivity index (χ0v) is 14.2. The Morgan fingerprint density at radius 1 is 1.28 bits per heavy atom. The Kier molecular flexibility index (Phi) is 3.61. The first-order chi connectivity index (χ1) is 12.2. The molecule has 5 heteroatoms. The third kappa shape index (κ3) is 2.70. The van der Waals surface area contributed by atoms with E-state index in [-0.39, 0.29) is 0 Å². The number of para-hydroxylation sites is 1. The number of nitrogens with zero attached hydrogens (tertiary/aromatic N) is 3. The topological polar surface area (TPSA) is 62.3 Å². The van der Waals surface area contributed by atoms with Gasteiger partial charge in [0.2, 0.25) is 0 Å². The van der Waals surface area contributed by atoms with Crippen molar-refractivity contribution < 1.29 is 0 Å². The number of nitrogens with one attached hydrogen (secondary N) is 2. The first-order valence-corrected chi connectivity index (χ1v) is 8.14. The molecule has 4 aromatic rings. The summed E-state index contributed by atoms with van der Waals surface area (Å²) in [5.41, 5.74) is 4.85. The summed E-state index contributed by atoms with van der Waals surface area (Å²) in [6, 6.07) is 10.3. The van der Waals surface area contributed by atoms with E-state index in [0.717, 1.165) is 38.6 Å². The summed E-state index contributed by atoms with van der Waals surface area (Å²) in [7, 11) is 1.90. The maximum absolute atomic E-state index is 4.52. The molecule has 0 radical (unpaired) electrons. The number of aryl methyl sites for hydroxylation is 1. The number of H-pyrrole nitrogens is 2. The van der Waals surface area contributed by atoms with Crippen molar-refractivity contribution in [3.63, 3.8) is 0 Å². The van der Waals surface area contributed by atoms with Crippen molar-refractivity contribution >= 4 is 28.6 Å². The molecular weight excluding hydrogens is 310 g/mol. The normalized spacial score (nSPS) is 13.0. The van der Waals surface area contributed by atoms with E-state index in [4.69, 9.17) is 0 Å². The number of allylic oxidation sites excluding steroid dienone is 1. The van der Waals surface area contributed by atoms with E-state index in [1.807, 2.05) is 44.6 Å². The minimum Gasteiger partial charge on any atom is -0.353 e. The fourth-order valence-corrected chi connectivity index (χ4v) is 2.98. The number of benzene rings is 1. The molecule has 0 atom stereocenters. The van der Waals surface area contributed by atoms with Gasteiger partial charge in [0.1, 0.15) is 5.69 Å². The lowest BCUT2D eigenvalue weighted by Gasteiger charge is -1.95. The Morgan fingerprint density at radius 2 is 2.12 bits per heavy atom. The van der Waals surface area contributed by atoms with E-state index < -0.39 is 0 Å². The molecule has 0 unspecified atom stereocenters. The second kappa shape index (κ2) is 5.94. The van der Waals surface area contributed by atoms with Gasteiger partial charge in [-0.25, -0.2) is 0 Å². The summed E-state index contributed by atoms with van der Waals surface area (Å²) >= 11 is 0. The Bertz CT molecular complexity index is 1150. The molecule has 0 spiro atoms. The third-order valence-corrected chi connectivity index (χ3v) is 4.30. The molecule has 0 fully saturated rings. The van der Waals surface area contributed by atoms with Crippen molar-refractivity contribution in [2.75, 3.05) is 0 Å². The molecule has 4 rings (SSSR count). The van der Waals surface area contributed by atoms with Crippen LogP contribution in [0.4, 0.5) is 0 Å². The van der Waals surface area contributed by atoms with Gasteiger partial charge in [0.25, 0.3) is 0 Å². The molecule has 2 N–H and O–H groups in total. The van der Waals surface area contributed by atoms with Crippen molar-refractivity contribution in [2.24, 2.45) is 7.05 Å². The van der Waals surface area contributed by atoms with Crippen LogP contribution in [-0.4, -0.2) is 25.0 Å². The maximum atomic E-state index is 4.52. The van der Waals surface area contributed by atoms with Gasteiger partial charge in [-0.3, -0.25) is 9.78 Å². The molecule has 3 heterocycles. The number of hydrogen-bond acceptors (Lipinski definition) is 2. The van der Waals surface area contributed by atoms with Crippen LogP contribution in [0.25, 0.3) is 40.0 Å². The lowest BCUT2D eigenvalue weighted by atomic mass is 10.1. The van der Waals surface area contributed by atoms with E-state index in [2.05, 4.69) is 51.1 Å². The summed E-state index contributed by atoms with van der Waals surface area (Å²) in [4.78, 5) is 3.44. The molecule has 0 amide bonds. The van der Waals surface area contributed by atoms with E-state index in [9.17, 15) is 0 Å². The van der Waals surface area contributed by atoms with Gasteiger partial charge >= 0.3 is 0 Å². The van der Waals surface area contributed by atoms with Crippen LogP contribution in [-0.2, 0) is 7.05 Å². The standard InChI is InChI=1S/C20H19N5/c1-4-17-16(9-13(2)15-11-21-25(3)12-15)20(24-23-17)19-10-14-7-5-6-8-18(14)22-19/h4-12,22-23H,2H2,1,3H3/b16-9+,17-4+. The summed E-state index contributed by atoms with van der Waals surface area (Å²) in [6.07, 6.45) is 7.84. The molecular formula is C20H19N5. The molecule has 25 heavy (non-hydrogen) atoms. The van der Waals surface area contributed by atoms with Crippen LogP contribution in [0.3, 0.4) is 0 Å². The molecule has 0 aliphatic carbocycles. The van der Waals surface area contributed by atoms with Gasteiger partial charge in [-0.1, -0.05) is 30.9 Å². The van der Waals surface area contributed by atoms with Crippen LogP contribution in [0, 0.1) is 0 Å². The van der Waals surface area contributed by atoms with Crippen LogP contribution < -0.4 is 10.6 Å². The summed E-state index contributed by atoms with van der Waals surface area (Å²) in [5.74, 6) is 0. The van der Waals surface area contributed by atoms with Crippen molar-refractivity contribution in [3.05, 3.63) is 65.4 Å². The monoisotopic (exact) mass is 329 g/mol. The molecule has 3 aromatic heterocycles. The zero-order chi connectivity index (χ0) is 17.4. The molecule has 0 saturated heterocycles. The highest BCUT2D eigenvalue weighted by Crippen LogP contribution is 2.20. The van der Waals surface area contributed by atoms with E-state index in [0.29, 0.717) is 0 Å². The molecule has 1 aromatic carbocycles. The molecule has 5 nitrogen and oxygen atoms in total. The predicted octanol–water partition coefficient (Wildman–Crippen LogP) is 2.59. The smallest absolute Gasteiger partial charge is 0.116 e. The Hall–Kier alpha value is -3.34. The van der Waals surface area contributed by atoms with Crippen molar-refractivity contribution in [1.82, 2.24) is 25.0 Å². The van der Waals surface area contributed by atoms with E-state index >= 15 is 0 Å². The average Bonchev–Trinajstić information content (AvgIpc) is 3.31. The van der Waals surface area contributed by atoms with Crippen molar-refractivity contribution in [3.8, 4) is 11.4 Å². The minimum absolute atomic E-state index is 0.884. The summed E-state index contributed by atoms with van der Waals surface area (Å²) in [5, 5.41) is 15.0. The number of fused-ring (bicyclic) bond motifs is 1. The third-order valence-electron chi connectivity index (χ3n) is 4.30. The SMILES string of the molecule is C=C(/C=c1/c(-c2cc3ccccc3[nH]2)n[nH]/c1=C/C)c1cnn(C)c1. The average molecular weight is 329 g/mol.